The van der Waals surface area contributed by atoms with E-state index < -0.39 is 0 Å². The summed E-state index contributed by atoms with van der Waals surface area (Å²) < 4.78 is 0. The first-order chi connectivity index (χ1) is 18.0. The van der Waals surface area contributed by atoms with E-state index in [0.29, 0.717) is 6.04 Å². The molecular weight excluding hydrogens is 456 g/mol. The second-order valence-electron chi connectivity index (χ2n) is 9.67. The summed E-state index contributed by atoms with van der Waals surface area (Å²) in [4.78, 5) is 19.3. The molecule has 3 aromatic rings. The van der Waals surface area contributed by atoms with Crippen LogP contribution in [0.15, 0.2) is 101 Å². The summed E-state index contributed by atoms with van der Waals surface area (Å²) >= 11 is 0. The van der Waals surface area contributed by atoms with Crippen molar-refractivity contribution in [3.05, 3.63) is 118 Å². The molecule has 5 heteroatoms. The van der Waals surface area contributed by atoms with Crippen LogP contribution in [0.4, 0.5) is 5.69 Å². The number of hydrogen-bond acceptors (Lipinski definition) is 4. The Labute approximate surface area is 220 Å². The van der Waals surface area contributed by atoms with Crippen LogP contribution in [-0.4, -0.2) is 17.2 Å². The fraction of sp³-hybridized carbons (Fsp3) is 0.312. The van der Waals surface area contributed by atoms with Crippen LogP contribution in [0.1, 0.15) is 75.2 Å². The Morgan fingerprint density at radius 1 is 1.00 bits per heavy atom. The van der Waals surface area contributed by atoms with E-state index >= 15 is 0 Å². The first kappa shape index (κ1) is 26.4. The molecule has 2 unspecified atom stereocenters. The molecule has 2 aromatic carbocycles. The molecule has 0 aliphatic carbocycles. The average Bonchev–Trinajstić information content (AvgIpc) is 3.00. The SMILES string of the molecule is CCCC(NC(C)c1ccc(NC2=C/C=C(/c3cc[nH]c(=O)c3)CCC\N=C\2C)cc1)c1ccccc1. The summed E-state index contributed by atoms with van der Waals surface area (Å²) in [5, 5.41) is 7.38. The molecule has 3 N–H and O–H groups in total. The number of nitrogens with zero attached hydrogens (tertiary/aromatic N) is 1. The van der Waals surface area contributed by atoms with E-state index in [4.69, 9.17) is 4.99 Å². The average molecular weight is 495 g/mol. The molecule has 37 heavy (non-hydrogen) atoms. The number of pyridine rings is 1. The smallest absolute Gasteiger partial charge is 0.248 e. The number of allylic oxidation sites excluding steroid dienone is 4. The summed E-state index contributed by atoms with van der Waals surface area (Å²) in [5.74, 6) is 0. The molecule has 1 aliphatic heterocycles. The number of anilines is 1. The lowest BCUT2D eigenvalue weighted by molar-refractivity contribution is 0.439. The van der Waals surface area contributed by atoms with Crippen LogP contribution >= 0.6 is 0 Å². The van der Waals surface area contributed by atoms with Crippen LogP contribution in [0.3, 0.4) is 0 Å². The van der Waals surface area contributed by atoms with E-state index in [-0.39, 0.29) is 11.6 Å². The van der Waals surface area contributed by atoms with Crippen molar-refractivity contribution in [3.63, 3.8) is 0 Å². The Morgan fingerprint density at radius 3 is 2.51 bits per heavy atom. The Bertz CT molecular complexity index is 1300. The largest absolute Gasteiger partial charge is 0.354 e. The molecule has 0 bridgehead atoms. The predicted octanol–water partition coefficient (Wildman–Crippen LogP) is 7.20. The van der Waals surface area contributed by atoms with Gasteiger partial charge in [-0.05, 0) is 79.6 Å². The highest BCUT2D eigenvalue weighted by molar-refractivity contribution is 6.01. The summed E-state index contributed by atoms with van der Waals surface area (Å²) in [6.07, 6.45) is 9.96. The first-order valence-electron chi connectivity index (χ1n) is 13.3. The third-order valence-electron chi connectivity index (χ3n) is 6.86. The van der Waals surface area contributed by atoms with Gasteiger partial charge in [0.1, 0.15) is 0 Å². The highest BCUT2D eigenvalue weighted by atomic mass is 16.1. The Balaban J connectivity index is 1.49. The second-order valence-corrected chi connectivity index (χ2v) is 9.67. The van der Waals surface area contributed by atoms with Gasteiger partial charge in [-0.2, -0.15) is 0 Å². The molecule has 5 nitrogen and oxygen atoms in total. The van der Waals surface area contributed by atoms with Gasteiger partial charge in [-0.15, -0.1) is 0 Å². The van der Waals surface area contributed by atoms with Crippen LogP contribution < -0.4 is 16.2 Å². The van der Waals surface area contributed by atoms with E-state index in [1.807, 2.05) is 13.0 Å². The van der Waals surface area contributed by atoms with Gasteiger partial charge in [0.25, 0.3) is 0 Å². The third-order valence-corrected chi connectivity index (χ3v) is 6.86. The van der Waals surface area contributed by atoms with Crippen LogP contribution in [0.5, 0.6) is 0 Å². The fourth-order valence-corrected chi connectivity index (χ4v) is 4.74. The van der Waals surface area contributed by atoms with Gasteiger partial charge in [0.2, 0.25) is 5.56 Å². The molecule has 0 fully saturated rings. The summed E-state index contributed by atoms with van der Waals surface area (Å²) in [5.41, 5.74) is 7.59. The van der Waals surface area contributed by atoms with Gasteiger partial charge < -0.3 is 15.6 Å². The minimum atomic E-state index is -0.0818. The monoisotopic (exact) mass is 494 g/mol. The summed E-state index contributed by atoms with van der Waals surface area (Å²) in [6, 6.07) is 23.5. The summed E-state index contributed by atoms with van der Waals surface area (Å²) in [7, 11) is 0. The maximum absolute atomic E-state index is 11.8. The molecule has 4 rings (SSSR count). The maximum atomic E-state index is 11.8. The molecule has 0 saturated carbocycles. The number of aromatic nitrogens is 1. The quantitative estimate of drug-likeness (QED) is 0.295. The second kappa shape index (κ2) is 13.0. The molecule has 1 aromatic heterocycles. The standard InChI is InChI=1S/C32H38N4O/c1-4-9-31(27-10-6-5-7-11-27)35-23(2)25-13-16-29(17-14-25)36-30-18-15-26(12-8-20-33-24(30)3)28-19-21-34-32(37)22-28/h5-7,10-11,13-19,21-23,31,35-36H,4,8-9,12,20H2,1-3H3,(H,34,37)/b26-15+,30-18+,33-24+. The molecule has 0 saturated heterocycles. The fourth-order valence-electron chi connectivity index (χ4n) is 4.74. The van der Waals surface area contributed by atoms with Crippen molar-refractivity contribution in [1.29, 1.82) is 0 Å². The minimum absolute atomic E-state index is 0.0818. The Kier molecular flexibility index (Phi) is 9.28. The van der Waals surface area contributed by atoms with Crippen molar-refractivity contribution in [3.8, 4) is 0 Å². The number of nitrogens with one attached hydrogen (secondary N) is 3. The van der Waals surface area contributed by atoms with Crippen molar-refractivity contribution in [2.45, 2.75) is 58.5 Å². The molecule has 0 amide bonds. The Morgan fingerprint density at radius 2 is 1.78 bits per heavy atom. The van der Waals surface area contributed by atoms with Crippen LogP contribution in [0.25, 0.3) is 5.57 Å². The maximum Gasteiger partial charge on any atom is 0.248 e. The van der Waals surface area contributed by atoms with Gasteiger partial charge in [0, 0.05) is 36.6 Å². The topological polar surface area (TPSA) is 69.3 Å². The van der Waals surface area contributed by atoms with Crippen molar-refractivity contribution in [1.82, 2.24) is 10.3 Å². The molecule has 2 atom stereocenters. The number of rotatable bonds is 9. The molecule has 2 heterocycles. The van der Waals surface area contributed by atoms with Gasteiger partial charge >= 0.3 is 0 Å². The zero-order valence-corrected chi connectivity index (χ0v) is 22.1. The zero-order chi connectivity index (χ0) is 26.0. The van der Waals surface area contributed by atoms with Crippen LogP contribution in [0.2, 0.25) is 0 Å². The third kappa shape index (κ3) is 7.40. The molecule has 0 spiro atoms. The van der Waals surface area contributed by atoms with E-state index in [9.17, 15) is 4.79 Å². The number of aromatic amines is 1. The van der Waals surface area contributed by atoms with E-state index in [1.165, 1.54) is 11.1 Å². The lowest BCUT2D eigenvalue weighted by Crippen LogP contribution is -2.24. The number of hydrogen-bond donors (Lipinski definition) is 3. The van der Waals surface area contributed by atoms with Gasteiger partial charge in [-0.1, -0.05) is 61.9 Å². The summed E-state index contributed by atoms with van der Waals surface area (Å²) in [6.45, 7) is 7.26. The van der Waals surface area contributed by atoms with Gasteiger partial charge in [0.05, 0.1) is 11.4 Å². The van der Waals surface area contributed by atoms with Crippen molar-refractivity contribution in [2.24, 2.45) is 4.99 Å². The number of aliphatic imine (C=N–C) groups is 1. The van der Waals surface area contributed by atoms with E-state index in [0.717, 1.165) is 60.5 Å². The molecule has 1 aliphatic rings. The highest BCUT2D eigenvalue weighted by Crippen LogP contribution is 2.25. The van der Waals surface area contributed by atoms with E-state index in [2.05, 4.69) is 96.2 Å². The molecule has 0 radical (unpaired) electrons. The van der Waals surface area contributed by atoms with Crippen LogP contribution in [0, 0.1) is 0 Å². The van der Waals surface area contributed by atoms with E-state index in [1.54, 1.807) is 12.3 Å². The Hall–Kier alpha value is -3.70. The minimum Gasteiger partial charge on any atom is -0.354 e. The lowest BCUT2D eigenvalue weighted by Gasteiger charge is -2.24. The number of benzene rings is 2. The zero-order valence-electron chi connectivity index (χ0n) is 22.1. The van der Waals surface area contributed by atoms with Crippen LogP contribution in [-0.2, 0) is 0 Å². The van der Waals surface area contributed by atoms with Gasteiger partial charge in [-0.25, -0.2) is 0 Å². The highest BCUT2D eigenvalue weighted by Gasteiger charge is 2.15. The van der Waals surface area contributed by atoms with Crippen molar-refractivity contribution >= 4 is 17.0 Å². The molecular formula is C32H38N4O. The van der Waals surface area contributed by atoms with Gasteiger partial charge in [0.15, 0.2) is 0 Å². The molecule has 192 valence electrons. The van der Waals surface area contributed by atoms with Crippen molar-refractivity contribution in [2.75, 3.05) is 11.9 Å². The van der Waals surface area contributed by atoms with Crippen molar-refractivity contribution < 1.29 is 0 Å². The predicted molar refractivity (Wildman–Crippen MR) is 156 cm³/mol. The normalized spacial score (nSPS) is 20.0. The first-order valence-corrected chi connectivity index (χ1v) is 13.3. The number of H-pyrrole nitrogens is 1. The van der Waals surface area contributed by atoms with Gasteiger partial charge in [-0.3, -0.25) is 9.79 Å². The lowest BCUT2D eigenvalue weighted by atomic mass is 9.99.